The quantitative estimate of drug-likeness (QED) is 0.337. The van der Waals surface area contributed by atoms with Crippen LogP contribution in [0.15, 0.2) is 0 Å². The van der Waals surface area contributed by atoms with Crippen molar-refractivity contribution in [2.24, 2.45) is 0 Å². The standard InChI is InChI=1S/C18H34O4/c1-3-5-6-9-13-16(12-4-2)22-18(21)15-11-8-7-10-14-17(19)20/h16H,3-15H2,1-2H3,(H,19,20). The minimum absolute atomic E-state index is 0.0846. The monoisotopic (exact) mass is 314 g/mol. The molecule has 4 nitrogen and oxygen atoms in total. The van der Waals surface area contributed by atoms with Gasteiger partial charge in [0, 0.05) is 12.8 Å². The number of aliphatic carboxylic acids is 1. The van der Waals surface area contributed by atoms with Crippen LogP contribution in [0.5, 0.6) is 0 Å². The van der Waals surface area contributed by atoms with Crippen molar-refractivity contribution in [1.82, 2.24) is 0 Å². The maximum Gasteiger partial charge on any atom is 0.306 e. The van der Waals surface area contributed by atoms with Crippen molar-refractivity contribution in [1.29, 1.82) is 0 Å². The van der Waals surface area contributed by atoms with Gasteiger partial charge in [0.1, 0.15) is 6.10 Å². The number of ether oxygens (including phenoxy) is 1. The van der Waals surface area contributed by atoms with Gasteiger partial charge < -0.3 is 9.84 Å². The molecule has 0 bridgehead atoms. The highest BCUT2D eigenvalue weighted by Crippen LogP contribution is 2.15. The average Bonchev–Trinajstić information content (AvgIpc) is 2.47. The predicted molar refractivity (Wildman–Crippen MR) is 88.9 cm³/mol. The van der Waals surface area contributed by atoms with E-state index in [2.05, 4.69) is 13.8 Å². The molecule has 0 aliphatic heterocycles. The van der Waals surface area contributed by atoms with Crippen LogP contribution in [0.3, 0.4) is 0 Å². The molecule has 0 amide bonds. The van der Waals surface area contributed by atoms with Crippen LogP contribution in [0.25, 0.3) is 0 Å². The third kappa shape index (κ3) is 13.9. The summed E-state index contributed by atoms with van der Waals surface area (Å²) >= 11 is 0. The number of carboxylic acid groups (broad SMARTS) is 1. The van der Waals surface area contributed by atoms with Gasteiger partial charge in [-0.1, -0.05) is 52.4 Å². The highest BCUT2D eigenvalue weighted by atomic mass is 16.5. The Balaban J connectivity index is 3.71. The number of esters is 1. The van der Waals surface area contributed by atoms with Crippen LogP contribution >= 0.6 is 0 Å². The summed E-state index contributed by atoms with van der Waals surface area (Å²) in [6.45, 7) is 4.31. The molecule has 1 unspecified atom stereocenters. The molecule has 0 aromatic heterocycles. The van der Waals surface area contributed by atoms with Crippen molar-refractivity contribution in [2.75, 3.05) is 0 Å². The summed E-state index contributed by atoms with van der Waals surface area (Å²) in [5.74, 6) is -0.836. The van der Waals surface area contributed by atoms with E-state index in [1.165, 1.54) is 19.3 Å². The highest BCUT2D eigenvalue weighted by molar-refractivity contribution is 5.69. The van der Waals surface area contributed by atoms with Crippen LogP contribution in [-0.2, 0) is 14.3 Å². The zero-order valence-electron chi connectivity index (χ0n) is 14.4. The number of carbonyl (C=O) groups excluding carboxylic acids is 1. The summed E-state index contributed by atoms with van der Waals surface area (Å²) < 4.78 is 5.58. The third-order valence-corrected chi connectivity index (χ3v) is 3.81. The number of carbonyl (C=O) groups is 2. The maximum absolute atomic E-state index is 11.8. The number of hydrogen-bond donors (Lipinski definition) is 1. The molecule has 0 saturated carbocycles. The van der Waals surface area contributed by atoms with Crippen molar-refractivity contribution >= 4 is 11.9 Å². The predicted octanol–water partition coefficient (Wildman–Crippen LogP) is 5.09. The van der Waals surface area contributed by atoms with E-state index < -0.39 is 5.97 Å². The fraction of sp³-hybridized carbons (Fsp3) is 0.889. The van der Waals surface area contributed by atoms with Crippen molar-refractivity contribution in [3.8, 4) is 0 Å². The Kier molecular flexibility index (Phi) is 14.1. The Morgan fingerprint density at radius 3 is 2.05 bits per heavy atom. The topological polar surface area (TPSA) is 63.6 Å². The fourth-order valence-electron chi connectivity index (χ4n) is 2.53. The molecule has 0 aromatic rings. The molecule has 22 heavy (non-hydrogen) atoms. The molecule has 0 fully saturated rings. The highest BCUT2D eigenvalue weighted by Gasteiger charge is 2.13. The molecular weight excluding hydrogens is 280 g/mol. The van der Waals surface area contributed by atoms with Gasteiger partial charge in [0.2, 0.25) is 0 Å². The van der Waals surface area contributed by atoms with Crippen LogP contribution in [0.2, 0.25) is 0 Å². The van der Waals surface area contributed by atoms with Crippen molar-refractivity contribution < 1.29 is 19.4 Å². The summed E-state index contributed by atoms with van der Waals surface area (Å²) in [5.41, 5.74) is 0. The Morgan fingerprint density at radius 1 is 0.818 bits per heavy atom. The minimum atomic E-state index is -0.745. The van der Waals surface area contributed by atoms with Crippen LogP contribution in [0.1, 0.15) is 97.3 Å². The second kappa shape index (κ2) is 14.9. The molecule has 1 atom stereocenters. The van der Waals surface area contributed by atoms with E-state index in [4.69, 9.17) is 9.84 Å². The number of hydrogen-bond acceptors (Lipinski definition) is 3. The SMILES string of the molecule is CCCCCCC(CCC)OC(=O)CCCCCCC(=O)O. The van der Waals surface area contributed by atoms with Gasteiger partial charge in [0.25, 0.3) is 0 Å². The molecule has 130 valence electrons. The molecule has 0 saturated heterocycles. The van der Waals surface area contributed by atoms with Gasteiger partial charge in [0.15, 0.2) is 0 Å². The van der Waals surface area contributed by atoms with E-state index in [1.807, 2.05) is 0 Å². The van der Waals surface area contributed by atoms with Gasteiger partial charge in [-0.25, -0.2) is 0 Å². The smallest absolute Gasteiger partial charge is 0.306 e. The van der Waals surface area contributed by atoms with Crippen molar-refractivity contribution in [3.05, 3.63) is 0 Å². The summed E-state index contributed by atoms with van der Waals surface area (Å²) in [4.78, 5) is 22.2. The second-order valence-electron chi connectivity index (χ2n) is 6.06. The summed E-state index contributed by atoms with van der Waals surface area (Å²) in [6.07, 6.45) is 11.8. The molecule has 1 N–H and O–H groups in total. The zero-order chi connectivity index (χ0) is 16.6. The minimum Gasteiger partial charge on any atom is -0.481 e. The maximum atomic E-state index is 11.8. The largest absolute Gasteiger partial charge is 0.481 e. The van der Waals surface area contributed by atoms with E-state index in [0.29, 0.717) is 12.8 Å². The third-order valence-electron chi connectivity index (χ3n) is 3.81. The molecular formula is C18H34O4. The van der Waals surface area contributed by atoms with Crippen LogP contribution < -0.4 is 0 Å². The van der Waals surface area contributed by atoms with Crippen LogP contribution in [-0.4, -0.2) is 23.1 Å². The zero-order valence-corrected chi connectivity index (χ0v) is 14.4. The van der Waals surface area contributed by atoms with Gasteiger partial charge in [-0.15, -0.1) is 0 Å². The lowest BCUT2D eigenvalue weighted by atomic mass is 10.1. The second-order valence-corrected chi connectivity index (χ2v) is 6.06. The lowest BCUT2D eigenvalue weighted by molar-refractivity contribution is -0.150. The lowest BCUT2D eigenvalue weighted by Gasteiger charge is -2.17. The first-order valence-corrected chi connectivity index (χ1v) is 9.01. The van der Waals surface area contributed by atoms with Gasteiger partial charge in [0.05, 0.1) is 0 Å². The summed E-state index contributed by atoms with van der Waals surface area (Å²) in [5, 5.41) is 8.54. The Bertz CT molecular complexity index is 289. The fourth-order valence-corrected chi connectivity index (χ4v) is 2.53. The Hall–Kier alpha value is -1.06. The first-order valence-electron chi connectivity index (χ1n) is 9.01. The number of rotatable bonds is 15. The van der Waals surface area contributed by atoms with Gasteiger partial charge in [-0.05, 0) is 32.1 Å². The van der Waals surface area contributed by atoms with E-state index in [9.17, 15) is 9.59 Å². The average molecular weight is 314 g/mol. The molecule has 0 aromatic carbocycles. The summed E-state index contributed by atoms with van der Waals surface area (Å²) in [7, 11) is 0. The van der Waals surface area contributed by atoms with E-state index in [-0.39, 0.29) is 18.5 Å². The normalized spacial score (nSPS) is 12.1. The lowest BCUT2D eigenvalue weighted by Crippen LogP contribution is -2.18. The first kappa shape index (κ1) is 20.9. The Labute approximate surface area is 135 Å². The number of unbranched alkanes of at least 4 members (excludes halogenated alkanes) is 6. The molecule has 0 aliphatic rings. The van der Waals surface area contributed by atoms with Crippen LogP contribution in [0, 0.1) is 0 Å². The van der Waals surface area contributed by atoms with Crippen LogP contribution in [0.4, 0.5) is 0 Å². The molecule has 0 spiro atoms. The van der Waals surface area contributed by atoms with E-state index in [1.54, 1.807) is 0 Å². The summed E-state index contributed by atoms with van der Waals surface area (Å²) in [6, 6.07) is 0. The first-order chi connectivity index (χ1) is 10.6. The molecule has 4 heteroatoms. The van der Waals surface area contributed by atoms with Crippen molar-refractivity contribution in [2.45, 2.75) is 103 Å². The van der Waals surface area contributed by atoms with E-state index >= 15 is 0 Å². The van der Waals surface area contributed by atoms with Gasteiger partial charge in [-0.2, -0.15) is 0 Å². The Morgan fingerprint density at radius 2 is 1.45 bits per heavy atom. The molecule has 0 rings (SSSR count). The van der Waals surface area contributed by atoms with Gasteiger partial charge in [-0.3, -0.25) is 9.59 Å². The van der Waals surface area contributed by atoms with Crippen molar-refractivity contribution in [3.63, 3.8) is 0 Å². The van der Waals surface area contributed by atoms with E-state index in [0.717, 1.165) is 44.9 Å². The molecule has 0 aliphatic carbocycles. The number of carboxylic acids is 1. The molecule has 0 heterocycles. The molecule has 0 radical (unpaired) electrons. The van der Waals surface area contributed by atoms with Gasteiger partial charge >= 0.3 is 11.9 Å².